The van der Waals surface area contributed by atoms with Gasteiger partial charge in [0.2, 0.25) is 0 Å². The van der Waals surface area contributed by atoms with Crippen LogP contribution in [0, 0.1) is 0 Å². The summed E-state index contributed by atoms with van der Waals surface area (Å²) < 4.78 is 33.5. The molecule has 20 heavy (non-hydrogen) atoms. The maximum atomic E-state index is 12.6. The first-order valence-corrected chi connectivity index (χ1v) is 8.17. The second kappa shape index (κ2) is 5.23. The SMILES string of the molecule is COc1ccc(N2CCN(C3CCNC3)S2(=O)=O)cc1. The first kappa shape index (κ1) is 13.7. The molecule has 110 valence electrons. The van der Waals surface area contributed by atoms with E-state index in [0.717, 1.165) is 25.3 Å². The van der Waals surface area contributed by atoms with Gasteiger partial charge >= 0.3 is 10.2 Å². The lowest BCUT2D eigenvalue weighted by Gasteiger charge is -2.24. The molecule has 2 fully saturated rings. The maximum absolute atomic E-state index is 12.6. The van der Waals surface area contributed by atoms with Gasteiger partial charge in [-0.15, -0.1) is 0 Å². The Labute approximate surface area is 119 Å². The van der Waals surface area contributed by atoms with Crippen LogP contribution in [-0.2, 0) is 10.2 Å². The minimum atomic E-state index is -3.40. The van der Waals surface area contributed by atoms with Crippen molar-refractivity contribution in [3.8, 4) is 5.75 Å². The Bertz CT molecular complexity index is 567. The molecule has 7 heteroatoms. The van der Waals surface area contributed by atoms with E-state index in [1.54, 1.807) is 35.7 Å². The zero-order valence-corrected chi connectivity index (χ0v) is 12.3. The molecule has 0 spiro atoms. The highest BCUT2D eigenvalue weighted by atomic mass is 32.2. The van der Waals surface area contributed by atoms with Gasteiger partial charge in [0.15, 0.2) is 0 Å². The molecule has 1 unspecified atom stereocenters. The topological polar surface area (TPSA) is 61.9 Å². The van der Waals surface area contributed by atoms with E-state index in [2.05, 4.69) is 5.32 Å². The van der Waals surface area contributed by atoms with Crippen molar-refractivity contribution in [1.82, 2.24) is 9.62 Å². The number of hydrogen-bond acceptors (Lipinski definition) is 4. The second-order valence-corrected chi connectivity index (χ2v) is 6.84. The van der Waals surface area contributed by atoms with E-state index >= 15 is 0 Å². The lowest BCUT2D eigenvalue weighted by atomic mass is 10.2. The average Bonchev–Trinajstić information content (AvgIpc) is 3.06. The van der Waals surface area contributed by atoms with Crippen LogP contribution in [0.2, 0.25) is 0 Å². The normalized spacial score (nSPS) is 26.1. The van der Waals surface area contributed by atoms with Gasteiger partial charge in [-0.25, -0.2) is 0 Å². The molecule has 3 rings (SSSR count). The molecular formula is C13H19N3O3S. The zero-order valence-electron chi connectivity index (χ0n) is 11.4. The first-order chi connectivity index (χ1) is 9.63. The van der Waals surface area contributed by atoms with E-state index in [4.69, 9.17) is 4.74 Å². The minimum absolute atomic E-state index is 0.0863. The highest BCUT2D eigenvalue weighted by Gasteiger charge is 2.41. The number of benzene rings is 1. The molecule has 1 aromatic rings. The van der Waals surface area contributed by atoms with Gasteiger partial charge in [-0.2, -0.15) is 12.7 Å². The largest absolute Gasteiger partial charge is 0.497 e. The fourth-order valence-corrected chi connectivity index (χ4v) is 4.64. The first-order valence-electron chi connectivity index (χ1n) is 6.77. The third-order valence-electron chi connectivity index (χ3n) is 3.90. The number of methoxy groups -OCH3 is 1. The third-order valence-corrected chi connectivity index (χ3v) is 5.92. The molecule has 0 aliphatic carbocycles. The van der Waals surface area contributed by atoms with Crippen molar-refractivity contribution in [2.75, 3.05) is 37.6 Å². The fraction of sp³-hybridized carbons (Fsp3) is 0.538. The van der Waals surface area contributed by atoms with E-state index in [1.807, 2.05) is 0 Å². The summed E-state index contributed by atoms with van der Waals surface area (Å²) in [6.45, 7) is 2.70. The molecule has 2 saturated heterocycles. The fourth-order valence-electron chi connectivity index (χ4n) is 2.81. The van der Waals surface area contributed by atoms with Crippen molar-refractivity contribution in [2.24, 2.45) is 0 Å². The molecule has 2 aliphatic rings. The molecule has 0 radical (unpaired) electrons. The summed E-state index contributed by atoms with van der Waals surface area (Å²) in [5.41, 5.74) is 0.694. The van der Waals surface area contributed by atoms with Crippen LogP contribution in [0.25, 0.3) is 0 Å². The monoisotopic (exact) mass is 297 g/mol. The van der Waals surface area contributed by atoms with Crippen molar-refractivity contribution >= 4 is 15.9 Å². The third kappa shape index (κ3) is 2.25. The van der Waals surface area contributed by atoms with E-state index in [0.29, 0.717) is 18.8 Å². The Morgan fingerprint density at radius 2 is 2.00 bits per heavy atom. The van der Waals surface area contributed by atoms with Crippen LogP contribution in [0.4, 0.5) is 5.69 Å². The lowest BCUT2D eigenvalue weighted by molar-refractivity contribution is 0.365. The van der Waals surface area contributed by atoms with Gasteiger partial charge < -0.3 is 10.1 Å². The number of nitrogens with zero attached hydrogens (tertiary/aromatic N) is 2. The summed E-state index contributed by atoms with van der Waals surface area (Å²) >= 11 is 0. The number of rotatable bonds is 3. The van der Waals surface area contributed by atoms with Crippen LogP contribution >= 0.6 is 0 Å². The van der Waals surface area contributed by atoms with E-state index in [9.17, 15) is 8.42 Å². The molecule has 2 heterocycles. The van der Waals surface area contributed by atoms with E-state index in [1.165, 1.54) is 4.31 Å². The Morgan fingerprint density at radius 1 is 1.25 bits per heavy atom. The molecule has 1 atom stereocenters. The van der Waals surface area contributed by atoms with Gasteiger partial charge in [-0.1, -0.05) is 0 Å². The van der Waals surface area contributed by atoms with Gasteiger partial charge in [0.05, 0.1) is 12.8 Å². The minimum Gasteiger partial charge on any atom is -0.497 e. The molecule has 0 saturated carbocycles. The van der Waals surface area contributed by atoms with E-state index in [-0.39, 0.29) is 6.04 Å². The van der Waals surface area contributed by atoms with Crippen LogP contribution in [-0.4, -0.2) is 52.1 Å². The van der Waals surface area contributed by atoms with Crippen LogP contribution < -0.4 is 14.4 Å². The Hall–Kier alpha value is -1.31. The van der Waals surface area contributed by atoms with Crippen LogP contribution in [0.3, 0.4) is 0 Å². The average molecular weight is 297 g/mol. The molecular weight excluding hydrogens is 278 g/mol. The van der Waals surface area contributed by atoms with Crippen LogP contribution in [0.1, 0.15) is 6.42 Å². The summed E-state index contributed by atoms with van der Waals surface area (Å²) in [6.07, 6.45) is 0.885. The highest BCUT2D eigenvalue weighted by Crippen LogP contribution is 2.29. The smallest absolute Gasteiger partial charge is 0.304 e. The van der Waals surface area contributed by atoms with Crippen molar-refractivity contribution in [3.63, 3.8) is 0 Å². The molecule has 0 bridgehead atoms. The summed E-state index contributed by atoms with van der Waals surface area (Å²) in [4.78, 5) is 0. The van der Waals surface area contributed by atoms with Crippen LogP contribution in [0.15, 0.2) is 24.3 Å². The van der Waals surface area contributed by atoms with Gasteiger partial charge in [0.25, 0.3) is 0 Å². The van der Waals surface area contributed by atoms with Crippen molar-refractivity contribution < 1.29 is 13.2 Å². The van der Waals surface area contributed by atoms with Crippen molar-refractivity contribution in [3.05, 3.63) is 24.3 Å². The van der Waals surface area contributed by atoms with Crippen molar-refractivity contribution in [1.29, 1.82) is 0 Å². The summed E-state index contributed by atoms with van der Waals surface area (Å²) in [7, 11) is -1.80. The van der Waals surface area contributed by atoms with Crippen molar-refractivity contribution in [2.45, 2.75) is 12.5 Å². The zero-order chi connectivity index (χ0) is 14.2. The number of ether oxygens (including phenoxy) is 1. The maximum Gasteiger partial charge on any atom is 0.304 e. The lowest BCUT2D eigenvalue weighted by Crippen LogP contribution is -2.41. The van der Waals surface area contributed by atoms with Gasteiger partial charge in [-0.3, -0.25) is 4.31 Å². The highest BCUT2D eigenvalue weighted by molar-refractivity contribution is 7.90. The molecule has 1 N–H and O–H groups in total. The molecule has 6 nitrogen and oxygen atoms in total. The van der Waals surface area contributed by atoms with Gasteiger partial charge in [-0.05, 0) is 37.2 Å². The molecule has 0 amide bonds. The summed E-state index contributed by atoms with van der Waals surface area (Å²) in [5, 5.41) is 3.22. The number of anilines is 1. The molecule has 0 aromatic heterocycles. The Balaban J connectivity index is 1.84. The van der Waals surface area contributed by atoms with Crippen LogP contribution in [0.5, 0.6) is 5.75 Å². The summed E-state index contributed by atoms with van der Waals surface area (Å²) in [6, 6.07) is 7.22. The Kier molecular flexibility index (Phi) is 3.57. The summed E-state index contributed by atoms with van der Waals surface area (Å²) in [5.74, 6) is 0.724. The van der Waals surface area contributed by atoms with E-state index < -0.39 is 10.2 Å². The quantitative estimate of drug-likeness (QED) is 0.878. The molecule has 2 aliphatic heterocycles. The predicted molar refractivity (Wildman–Crippen MR) is 77.2 cm³/mol. The number of hydrogen-bond donors (Lipinski definition) is 1. The number of nitrogens with one attached hydrogen (secondary N) is 1. The predicted octanol–water partition coefficient (Wildman–Crippen LogP) is 0.424. The standard InChI is InChI=1S/C13H19N3O3S/c1-19-13-4-2-11(3-5-13)15-8-9-16(20(15,17)18)12-6-7-14-10-12/h2-5,12,14H,6-10H2,1H3. The van der Waals surface area contributed by atoms with Gasteiger partial charge in [0, 0.05) is 25.7 Å². The second-order valence-electron chi connectivity index (χ2n) is 5.04. The Morgan fingerprint density at radius 3 is 2.60 bits per heavy atom. The van der Waals surface area contributed by atoms with Gasteiger partial charge in [0.1, 0.15) is 5.75 Å². The molecule has 1 aromatic carbocycles.